The molecule has 2 aromatic rings. The van der Waals surface area contributed by atoms with Crippen molar-refractivity contribution in [1.29, 1.82) is 0 Å². The molecule has 0 bridgehead atoms. The van der Waals surface area contributed by atoms with E-state index in [-0.39, 0.29) is 5.78 Å². The maximum absolute atomic E-state index is 11.0. The molecule has 0 saturated heterocycles. The van der Waals surface area contributed by atoms with Crippen molar-refractivity contribution in [2.24, 2.45) is 0 Å². The van der Waals surface area contributed by atoms with Crippen LogP contribution < -0.4 is 0 Å². The molecule has 2 rings (SSSR count). The molecule has 0 unspecified atom stereocenters. The SMILES string of the molecule is C=O.CC.CC(=O)c1cccc(C)c1C.CCCCCc1cc(CC)ccc1C. The van der Waals surface area contributed by atoms with Crippen LogP contribution in [0.2, 0.25) is 0 Å². The highest BCUT2D eigenvalue weighted by atomic mass is 16.1. The first-order valence-corrected chi connectivity index (χ1v) is 10.8. The summed E-state index contributed by atoms with van der Waals surface area (Å²) < 4.78 is 0. The zero-order chi connectivity index (χ0) is 22.8. The maximum atomic E-state index is 11.0. The van der Waals surface area contributed by atoms with Crippen LogP contribution in [0.1, 0.15) is 92.1 Å². The molecule has 0 aliphatic carbocycles. The Morgan fingerprint density at radius 1 is 0.897 bits per heavy atom. The van der Waals surface area contributed by atoms with Gasteiger partial charge in [0.25, 0.3) is 0 Å². The molecule has 0 atom stereocenters. The Kier molecular flexibility index (Phi) is 17.8. The molecule has 0 aliphatic rings. The molecule has 0 amide bonds. The number of carbonyl (C=O) groups excluding carboxylic acids is 2. The van der Waals surface area contributed by atoms with E-state index in [1.807, 2.05) is 52.7 Å². The van der Waals surface area contributed by atoms with Crippen LogP contribution in [0.4, 0.5) is 0 Å². The second-order valence-electron chi connectivity index (χ2n) is 6.88. The predicted molar refractivity (Wildman–Crippen MR) is 128 cm³/mol. The fourth-order valence-corrected chi connectivity index (χ4v) is 2.91. The Morgan fingerprint density at radius 3 is 2.00 bits per heavy atom. The Morgan fingerprint density at radius 2 is 1.52 bits per heavy atom. The van der Waals surface area contributed by atoms with E-state index in [0.29, 0.717) is 0 Å². The van der Waals surface area contributed by atoms with Gasteiger partial charge in [0.15, 0.2) is 5.78 Å². The third-order valence-corrected chi connectivity index (χ3v) is 4.86. The summed E-state index contributed by atoms with van der Waals surface area (Å²) in [7, 11) is 0. The van der Waals surface area contributed by atoms with Gasteiger partial charge in [-0.05, 0) is 74.8 Å². The van der Waals surface area contributed by atoms with E-state index in [2.05, 4.69) is 39.0 Å². The number of unbranched alkanes of at least 4 members (excludes halogenated alkanes) is 2. The monoisotopic (exact) mass is 398 g/mol. The van der Waals surface area contributed by atoms with Crippen molar-refractivity contribution in [1.82, 2.24) is 0 Å². The van der Waals surface area contributed by atoms with Gasteiger partial charge in [0.1, 0.15) is 6.79 Å². The van der Waals surface area contributed by atoms with Gasteiger partial charge in [-0.1, -0.05) is 76.9 Å². The van der Waals surface area contributed by atoms with Crippen molar-refractivity contribution in [2.75, 3.05) is 0 Å². The third kappa shape index (κ3) is 11.4. The van der Waals surface area contributed by atoms with E-state index in [1.165, 1.54) is 42.4 Å². The summed E-state index contributed by atoms with van der Waals surface area (Å²) in [6.07, 6.45) is 6.42. The van der Waals surface area contributed by atoms with Gasteiger partial charge in [-0.3, -0.25) is 4.79 Å². The lowest BCUT2D eigenvalue weighted by atomic mass is 9.99. The smallest absolute Gasteiger partial charge is 0.160 e. The summed E-state index contributed by atoms with van der Waals surface area (Å²) in [4.78, 5) is 19.0. The van der Waals surface area contributed by atoms with Crippen molar-refractivity contribution in [2.45, 2.75) is 87.5 Å². The number of ketones is 1. The normalized spacial score (nSPS) is 9.10. The van der Waals surface area contributed by atoms with E-state index >= 15 is 0 Å². The second-order valence-corrected chi connectivity index (χ2v) is 6.88. The standard InChI is InChI=1S/C14H22.C10H12O.C2H6.CH2O/c1-4-6-7-8-14-11-13(5-2)10-9-12(14)3;1-7-5-4-6-10(8(7)2)9(3)11;2*1-2/h9-11H,4-8H2,1-3H3;4-6H,1-3H3;1-2H3;1H2. The van der Waals surface area contributed by atoms with Gasteiger partial charge < -0.3 is 4.79 Å². The van der Waals surface area contributed by atoms with E-state index in [1.54, 1.807) is 12.5 Å². The fraction of sp³-hybridized carbons (Fsp3) is 0.481. The van der Waals surface area contributed by atoms with Crippen molar-refractivity contribution in [3.8, 4) is 0 Å². The number of hydrogen-bond acceptors (Lipinski definition) is 2. The molecular formula is C27H42O2. The second kappa shape index (κ2) is 17.8. The zero-order valence-corrected chi connectivity index (χ0v) is 20.0. The van der Waals surface area contributed by atoms with E-state index in [4.69, 9.17) is 4.79 Å². The molecule has 0 spiro atoms. The van der Waals surface area contributed by atoms with Gasteiger partial charge in [-0.25, -0.2) is 0 Å². The fourth-order valence-electron chi connectivity index (χ4n) is 2.91. The summed E-state index contributed by atoms with van der Waals surface area (Å²) in [6.45, 7) is 18.3. The minimum Gasteiger partial charge on any atom is -0.307 e. The third-order valence-electron chi connectivity index (χ3n) is 4.86. The summed E-state index contributed by atoms with van der Waals surface area (Å²) in [5, 5.41) is 0. The molecule has 2 heteroatoms. The molecule has 0 fully saturated rings. The minimum absolute atomic E-state index is 0.145. The highest BCUT2D eigenvalue weighted by molar-refractivity contribution is 5.95. The van der Waals surface area contributed by atoms with Crippen LogP contribution in [0.15, 0.2) is 36.4 Å². The van der Waals surface area contributed by atoms with Gasteiger partial charge >= 0.3 is 0 Å². The first-order chi connectivity index (χ1) is 13.9. The van der Waals surface area contributed by atoms with E-state index in [0.717, 1.165) is 17.5 Å². The van der Waals surface area contributed by atoms with Crippen LogP contribution in [-0.2, 0) is 17.6 Å². The van der Waals surface area contributed by atoms with Crippen LogP contribution in [0.25, 0.3) is 0 Å². The Bertz CT molecular complexity index is 702. The number of hydrogen-bond donors (Lipinski definition) is 0. The maximum Gasteiger partial charge on any atom is 0.160 e. The lowest BCUT2D eigenvalue weighted by molar-refractivity contribution is -0.0980. The average molecular weight is 399 g/mol. The van der Waals surface area contributed by atoms with Gasteiger partial charge in [0.05, 0.1) is 0 Å². The molecule has 0 N–H and O–H groups in total. The van der Waals surface area contributed by atoms with Gasteiger partial charge in [0.2, 0.25) is 0 Å². The van der Waals surface area contributed by atoms with Crippen molar-refractivity contribution in [3.63, 3.8) is 0 Å². The van der Waals surface area contributed by atoms with Crippen molar-refractivity contribution >= 4 is 12.6 Å². The molecule has 0 aromatic heterocycles. The Labute approximate surface area is 179 Å². The minimum atomic E-state index is 0.145. The van der Waals surface area contributed by atoms with Crippen molar-refractivity contribution in [3.05, 3.63) is 69.8 Å². The lowest BCUT2D eigenvalue weighted by Crippen LogP contribution is -1.96. The lowest BCUT2D eigenvalue weighted by Gasteiger charge is -2.07. The molecule has 2 aromatic carbocycles. The molecule has 29 heavy (non-hydrogen) atoms. The number of rotatable bonds is 6. The highest BCUT2D eigenvalue weighted by Gasteiger charge is 2.03. The molecule has 162 valence electrons. The number of aryl methyl sites for hydroxylation is 4. The predicted octanol–water partition coefficient (Wildman–Crippen LogP) is 7.64. The number of carbonyl (C=O) groups is 2. The Balaban J connectivity index is 0. The zero-order valence-electron chi connectivity index (χ0n) is 20.0. The van der Waals surface area contributed by atoms with Crippen LogP contribution in [-0.4, -0.2) is 12.6 Å². The van der Waals surface area contributed by atoms with Gasteiger partial charge in [-0.15, -0.1) is 0 Å². The largest absolute Gasteiger partial charge is 0.307 e. The topological polar surface area (TPSA) is 34.1 Å². The number of benzene rings is 2. The van der Waals surface area contributed by atoms with Crippen LogP contribution in [0.3, 0.4) is 0 Å². The summed E-state index contributed by atoms with van der Waals surface area (Å²) in [6, 6.07) is 12.7. The van der Waals surface area contributed by atoms with Gasteiger partial charge in [-0.2, -0.15) is 0 Å². The first kappa shape index (κ1) is 29.0. The molecule has 0 heterocycles. The Hall–Kier alpha value is -2.22. The highest BCUT2D eigenvalue weighted by Crippen LogP contribution is 2.15. The van der Waals surface area contributed by atoms with Crippen LogP contribution in [0.5, 0.6) is 0 Å². The molecular weight excluding hydrogens is 356 g/mol. The van der Waals surface area contributed by atoms with E-state index in [9.17, 15) is 4.79 Å². The van der Waals surface area contributed by atoms with Gasteiger partial charge in [0, 0.05) is 5.56 Å². The van der Waals surface area contributed by atoms with Crippen LogP contribution >= 0.6 is 0 Å². The molecule has 2 nitrogen and oxygen atoms in total. The molecule has 0 radical (unpaired) electrons. The van der Waals surface area contributed by atoms with E-state index < -0.39 is 0 Å². The average Bonchev–Trinajstić information content (AvgIpc) is 2.75. The molecule has 0 saturated carbocycles. The van der Waals surface area contributed by atoms with Crippen molar-refractivity contribution < 1.29 is 9.59 Å². The molecule has 0 aliphatic heterocycles. The quantitative estimate of drug-likeness (QED) is 0.370. The summed E-state index contributed by atoms with van der Waals surface area (Å²) in [5.74, 6) is 0.145. The summed E-state index contributed by atoms with van der Waals surface area (Å²) in [5.41, 5.74) is 7.60. The number of Topliss-reactive ketones (excluding diaryl/α,β-unsaturated/α-hetero) is 1. The first-order valence-electron chi connectivity index (χ1n) is 10.8. The van der Waals surface area contributed by atoms with Crippen LogP contribution in [0, 0.1) is 20.8 Å². The summed E-state index contributed by atoms with van der Waals surface area (Å²) >= 11 is 0.